The lowest BCUT2D eigenvalue weighted by Gasteiger charge is -2.23. The Labute approximate surface area is 133 Å². The second-order valence-electron chi connectivity index (χ2n) is 5.51. The van der Waals surface area contributed by atoms with Crippen LogP contribution in [0.1, 0.15) is 30.1 Å². The number of thiophene rings is 1. The molecule has 0 unspecified atom stereocenters. The van der Waals surface area contributed by atoms with E-state index >= 15 is 0 Å². The van der Waals surface area contributed by atoms with Crippen LogP contribution in [0.25, 0.3) is 10.6 Å². The van der Waals surface area contributed by atoms with Crippen LogP contribution in [-0.4, -0.2) is 31.6 Å². The molecule has 0 spiro atoms. The Morgan fingerprint density at radius 1 is 1.32 bits per heavy atom. The van der Waals surface area contributed by atoms with E-state index in [1.807, 2.05) is 12.4 Å². The lowest BCUT2D eigenvalue weighted by atomic mass is 10.1. The van der Waals surface area contributed by atoms with Gasteiger partial charge in [0.15, 0.2) is 0 Å². The van der Waals surface area contributed by atoms with Gasteiger partial charge in [-0.2, -0.15) is 5.10 Å². The fraction of sp³-hybridized carbons (Fsp3) is 0.312. The van der Waals surface area contributed by atoms with Crippen molar-refractivity contribution >= 4 is 11.3 Å². The van der Waals surface area contributed by atoms with Gasteiger partial charge in [0.2, 0.25) is 0 Å². The van der Waals surface area contributed by atoms with E-state index in [2.05, 4.69) is 42.6 Å². The molecule has 1 saturated heterocycles. The molecule has 5 nitrogen and oxygen atoms in total. The first-order valence-corrected chi connectivity index (χ1v) is 8.36. The van der Waals surface area contributed by atoms with E-state index in [0.717, 1.165) is 30.9 Å². The summed E-state index contributed by atoms with van der Waals surface area (Å²) in [6.07, 6.45) is 9.69. The van der Waals surface area contributed by atoms with Crippen LogP contribution in [0, 0.1) is 0 Å². The first-order valence-electron chi connectivity index (χ1n) is 7.48. The molecule has 0 bridgehead atoms. The van der Waals surface area contributed by atoms with E-state index in [-0.39, 0.29) is 0 Å². The molecule has 1 aliphatic rings. The second-order valence-corrected chi connectivity index (χ2v) is 6.45. The SMILES string of the molecule is c1csc(-c2[nH]ncc2CN2CCC[C@@H]2c2cnccn2)c1. The average molecular weight is 311 g/mol. The number of hydrogen-bond acceptors (Lipinski definition) is 5. The minimum absolute atomic E-state index is 0.361. The number of rotatable bonds is 4. The van der Waals surface area contributed by atoms with Gasteiger partial charge in [-0.3, -0.25) is 20.0 Å². The summed E-state index contributed by atoms with van der Waals surface area (Å²) in [5.41, 5.74) is 3.46. The lowest BCUT2D eigenvalue weighted by Crippen LogP contribution is -2.23. The second kappa shape index (κ2) is 5.98. The van der Waals surface area contributed by atoms with Gasteiger partial charge < -0.3 is 0 Å². The lowest BCUT2D eigenvalue weighted by molar-refractivity contribution is 0.244. The van der Waals surface area contributed by atoms with Crippen molar-refractivity contribution in [1.29, 1.82) is 0 Å². The largest absolute Gasteiger partial charge is 0.290 e. The van der Waals surface area contributed by atoms with Crippen molar-refractivity contribution in [3.63, 3.8) is 0 Å². The molecular formula is C16H17N5S. The highest BCUT2D eigenvalue weighted by Crippen LogP contribution is 2.34. The van der Waals surface area contributed by atoms with Gasteiger partial charge in [-0.05, 0) is 30.8 Å². The normalized spacial score (nSPS) is 18.8. The number of nitrogens with zero attached hydrogens (tertiary/aromatic N) is 4. The molecule has 1 fully saturated rings. The number of H-pyrrole nitrogens is 1. The quantitative estimate of drug-likeness (QED) is 0.803. The van der Waals surface area contributed by atoms with E-state index in [1.165, 1.54) is 16.9 Å². The molecule has 1 N–H and O–H groups in total. The molecule has 4 rings (SSSR count). The van der Waals surface area contributed by atoms with Crippen LogP contribution in [-0.2, 0) is 6.54 Å². The summed E-state index contributed by atoms with van der Waals surface area (Å²) in [4.78, 5) is 12.4. The van der Waals surface area contributed by atoms with Gasteiger partial charge in [-0.1, -0.05) is 6.07 Å². The fourth-order valence-electron chi connectivity index (χ4n) is 3.12. The molecule has 22 heavy (non-hydrogen) atoms. The molecule has 4 heterocycles. The summed E-state index contributed by atoms with van der Waals surface area (Å²) in [5.74, 6) is 0. The predicted molar refractivity (Wildman–Crippen MR) is 86.3 cm³/mol. The molecule has 0 aliphatic carbocycles. The van der Waals surface area contributed by atoms with Gasteiger partial charge in [0.05, 0.1) is 28.5 Å². The van der Waals surface area contributed by atoms with Gasteiger partial charge in [0.1, 0.15) is 0 Å². The minimum atomic E-state index is 0.361. The molecule has 0 aromatic carbocycles. The molecule has 3 aromatic rings. The third-order valence-electron chi connectivity index (χ3n) is 4.15. The van der Waals surface area contributed by atoms with Crippen LogP contribution in [0.5, 0.6) is 0 Å². The Bertz CT molecular complexity index is 722. The third kappa shape index (κ3) is 2.55. The Kier molecular flexibility index (Phi) is 3.70. The van der Waals surface area contributed by atoms with Gasteiger partial charge in [0.25, 0.3) is 0 Å². The van der Waals surface area contributed by atoms with Crippen LogP contribution in [0.2, 0.25) is 0 Å². The van der Waals surface area contributed by atoms with Gasteiger partial charge in [0, 0.05) is 30.7 Å². The van der Waals surface area contributed by atoms with Crippen molar-refractivity contribution in [3.8, 4) is 10.6 Å². The summed E-state index contributed by atoms with van der Waals surface area (Å²) in [7, 11) is 0. The van der Waals surface area contributed by atoms with Crippen LogP contribution >= 0.6 is 11.3 Å². The first-order chi connectivity index (χ1) is 10.9. The van der Waals surface area contributed by atoms with Gasteiger partial charge in [-0.15, -0.1) is 11.3 Å². The number of hydrogen-bond donors (Lipinski definition) is 1. The van der Waals surface area contributed by atoms with Crippen LogP contribution in [0.3, 0.4) is 0 Å². The van der Waals surface area contributed by atoms with Crippen molar-refractivity contribution in [2.24, 2.45) is 0 Å². The Balaban J connectivity index is 1.58. The Morgan fingerprint density at radius 3 is 3.14 bits per heavy atom. The zero-order chi connectivity index (χ0) is 14.8. The van der Waals surface area contributed by atoms with Crippen LogP contribution in [0.4, 0.5) is 0 Å². The topological polar surface area (TPSA) is 57.7 Å². The summed E-state index contributed by atoms with van der Waals surface area (Å²) in [6, 6.07) is 4.56. The van der Waals surface area contributed by atoms with Crippen LogP contribution < -0.4 is 0 Å². The van der Waals surface area contributed by atoms with Gasteiger partial charge >= 0.3 is 0 Å². The van der Waals surface area contributed by atoms with Crippen LogP contribution in [0.15, 0.2) is 42.3 Å². The highest BCUT2D eigenvalue weighted by atomic mass is 32.1. The maximum atomic E-state index is 4.49. The Morgan fingerprint density at radius 2 is 2.32 bits per heavy atom. The molecule has 112 valence electrons. The van der Waals surface area contributed by atoms with E-state index in [9.17, 15) is 0 Å². The van der Waals surface area contributed by atoms with E-state index in [4.69, 9.17) is 0 Å². The van der Waals surface area contributed by atoms with E-state index < -0.39 is 0 Å². The van der Waals surface area contributed by atoms with Crippen molar-refractivity contribution in [2.75, 3.05) is 6.54 Å². The average Bonchev–Trinajstić information content (AvgIpc) is 3.30. The van der Waals surface area contributed by atoms with Gasteiger partial charge in [-0.25, -0.2) is 0 Å². The molecule has 0 amide bonds. The Hall–Kier alpha value is -2.05. The summed E-state index contributed by atoms with van der Waals surface area (Å²) < 4.78 is 0. The van der Waals surface area contributed by atoms with Crippen molar-refractivity contribution in [1.82, 2.24) is 25.1 Å². The minimum Gasteiger partial charge on any atom is -0.290 e. The summed E-state index contributed by atoms with van der Waals surface area (Å²) in [6.45, 7) is 1.99. The molecule has 3 aromatic heterocycles. The number of likely N-dealkylation sites (tertiary alicyclic amines) is 1. The highest BCUT2D eigenvalue weighted by molar-refractivity contribution is 7.13. The number of aromatic nitrogens is 4. The maximum Gasteiger partial charge on any atom is 0.0794 e. The standard InChI is InChI=1S/C16H17N5S/c1-3-14(13-10-17-5-6-18-13)21(7-1)11-12-9-19-20-16(12)15-4-2-8-22-15/h2,4-6,8-10,14H,1,3,7,11H2,(H,19,20)/t14-/m1/s1. The number of aromatic amines is 1. The molecule has 6 heteroatoms. The van der Waals surface area contributed by atoms with Crippen molar-refractivity contribution in [3.05, 3.63) is 53.6 Å². The zero-order valence-corrected chi connectivity index (χ0v) is 13.0. The molecule has 0 radical (unpaired) electrons. The van der Waals surface area contributed by atoms with Crippen molar-refractivity contribution in [2.45, 2.75) is 25.4 Å². The smallest absolute Gasteiger partial charge is 0.0794 e. The third-order valence-corrected chi connectivity index (χ3v) is 5.03. The predicted octanol–water partition coefficient (Wildman–Crippen LogP) is 3.27. The summed E-state index contributed by atoms with van der Waals surface area (Å²) >= 11 is 1.74. The number of nitrogens with one attached hydrogen (secondary N) is 1. The fourth-order valence-corrected chi connectivity index (χ4v) is 3.87. The molecular weight excluding hydrogens is 294 g/mol. The summed E-state index contributed by atoms with van der Waals surface area (Å²) in [5, 5.41) is 9.48. The maximum absolute atomic E-state index is 4.49. The highest BCUT2D eigenvalue weighted by Gasteiger charge is 2.28. The first kappa shape index (κ1) is 13.6. The molecule has 1 aliphatic heterocycles. The molecule has 0 saturated carbocycles. The van der Waals surface area contributed by atoms with E-state index in [0.29, 0.717) is 6.04 Å². The zero-order valence-electron chi connectivity index (χ0n) is 12.1. The van der Waals surface area contributed by atoms with E-state index in [1.54, 1.807) is 23.7 Å². The molecule has 1 atom stereocenters. The van der Waals surface area contributed by atoms with Crippen molar-refractivity contribution < 1.29 is 0 Å². The monoisotopic (exact) mass is 311 g/mol.